The van der Waals surface area contributed by atoms with Crippen molar-refractivity contribution in [2.45, 2.75) is 4.90 Å². The van der Waals surface area contributed by atoms with Crippen LogP contribution in [-0.2, 0) is 0 Å². The summed E-state index contributed by atoms with van der Waals surface area (Å²) < 4.78 is 33.7. The first kappa shape index (κ1) is 15.8. The van der Waals surface area contributed by atoms with Gasteiger partial charge in [0.1, 0.15) is 16.6 Å². The van der Waals surface area contributed by atoms with E-state index >= 15 is 0 Å². The number of thioether (sulfide) groups is 1. The molecule has 0 unspecified atom stereocenters. The highest BCUT2D eigenvalue weighted by Crippen LogP contribution is 2.39. The highest BCUT2D eigenvalue weighted by molar-refractivity contribution is 7.99. The van der Waals surface area contributed by atoms with Gasteiger partial charge in [-0.3, -0.25) is 0 Å². The van der Waals surface area contributed by atoms with Gasteiger partial charge in [0.05, 0.1) is 4.90 Å². The van der Waals surface area contributed by atoms with Crippen LogP contribution in [0.5, 0.6) is 11.5 Å². The number of fused-ring (bicyclic) bond motifs is 1. The first-order valence-corrected chi connectivity index (χ1v) is 8.25. The third-order valence-corrected chi connectivity index (χ3v) is 4.38. The number of thiocarbonyl (C=S) groups is 1. The molecule has 7 heteroatoms. The SMILES string of the molecule is CSc1c(Oc2ccc(F)c(C(N)=S)c2)c(F)cc2[nH]ccc12. The van der Waals surface area contributed by atoms with E-state index in [2.05, 4.69) is 4.98 Å². The Balaban J connectivity index is 2.09. The lowest BCUT2D eigenvalue weighted by Gasteiger charge is -2.13. The van der Waals surface area contributed by atoms with Crippen molar-refractivity contribution in [1.29, 1.82) is 0 Å². The molecule has 0 atom stereocenters. The van der Waals surface area contributed by atoms with Crippen LogP contribution in [0.15, 0.2) is 41.4 Å². The summed E-state index contributed by atoms with van der Waals surface area (Å²) in [5.74, 6) is -0.703. The Morgan fingerprint density at radius 3 is 2.70 bits per heavy atom. The molecule has 3 nitrogen and oxygen atoms in total. The van der Waals surface area contributed by atoms with Gasteiger partial charge in [0.25, 0.3) is 0 Å². The van der Waals surface area contributed by atoms with Gasteiger partial charge < -0.3 is 15.5 Å². The Bertz CT molecular complexity index is 908. The lowest BCUT2D eigenvalue weighted by molar-refractivity contribution is 0.431. The summed E-state index contributed by atoms with van der Waals surface area (Å²) in [7, 11) is 0. The lowest BCUT2D eigenvalue weighted by Crippen LogP contribution is -2.11. The van der Waals surface area contributed by atoms with Gasteiger partial charge in [-0.15, -0.1) is 11.8 Å². The molecular formula is C16H12F2N2OS2. The van der Waals surface area contributed by atoms with E-state index in [4.69, 9.17) is 22.7 Å². The van der Waals surface area contributed by atoms with E-state index in [9.17, 15) is 8.78 Å². The zero-order valence-electron chi connectivity index (χ0n) is 12.0. The average molecular weight is 350 g/mol. The molecule has 0 bridgehead atoms. The number of rotatable bonds is 4. The Kier molecular flexibility index (Phi) is 4.23. The number of aromatic nitrogens is 1. The van der Waals surface area contributed by atoms with E-state index in [0.717, 1.165) is 5.39 Å². The summed E-state index contributed by atoms with van der Waals surface area (Å²) in [5.41, 5.74) is 6.22. The number of hydrogen-bond acceptors (Lipinski definition) is 3. The Labute approximate surface area is 140 Å². The van der Waals surface area contributed by atoms with E-state index in [1.165, 1.54) is 36.0 Å². The smallest absolute Gasteiger partial charge is 0.177 e. The molecule has 0 fully saturated rings. The number of benzene rings is 2. The van der Waals surface area contributed by atoms with Crippen LogP contribution in [0.1, 0.15) is 5.56 Å². The van der Waals surface area contributed by atoms with Gasteiger partial charge in [0, 0.05) is 28.7 Å². The van der Waals surface area contributed by atoms with Crippen molar-refractivity contribution in [3.8, 4) is 11.5 Å². The maximum absolute atomic E-state index is 14.4. The molecule has 1 aromatic heterocycles. The van der Waals surface area contributed by atoms with Crippen molar-refractivity contribution in [2.24, 2.45) is 5.73 Å². The molecule has 1 heterocycles. The van der Waals surface area contributed by atoms with Crippen molar-refractivity contribution in [2.75, 3.05) is 6.26 Å². The quantitative estimate of drug-likeness (QED) is 0.534. The summed E-state index contributed by atoms with van der Waals surface area (Å²) in [4.78, 5) is 3.54. The maximum Gasteiger partial charge on any atom is 0.177 e. The van der Waals surface area contributed by atoms with Crippen LogP contribution in [0.2, 0.25) is 0 Å². The monoisotopic (exact) mass is 350 g/mol. The van der Waals surface area contributed by atoms with Crippen LogP contribution in [0.3, 0.4) is 0 Å². The molecule has 0 spiro atoms. The Hall–Kier alpha value is -2.12. The maximum atomic E-state index is 14.4. The summed E-state index contributed by atoms with van der Waals surface area (Å²) in [5, 5.41) is 0.852. The number of aromatic amines is 1. The molecule has 3 aromatic rings. The molecule has 0 saturated carbocycles. The second-order valence-corrected chi connectivity index (χ2v) is 6.02. The summed E-state index contributed by atoms with van der Waals surface area (Å²) in [6.07, 6.45) is 3.57. The number of nitrogens with one attached hydrogen (secondary N) is 1. The minimum atomic E-state index is -0.545. The van der Waals surface area contributed by atoms with Crippen LogP contribution in [0, 0.1) is 11.6 Å². The van der Waals surface area contributed by atoms with Crippen molar-refractivity contribution < 1.29 is 13.5 Å². The first-order valence-electron chi connectivity index (χ1n) is 6.62. The molecule has 0 aliphatic rings. The second-order valence-electron chi connectivity index (χ2n) is 4.77. The average Bonchev–Trinajstić information content (AvgIpc) is 2.97. The normalized spacial score (nSPS) is 10.9. The number of H-pyrrole nitrogens is 1. The summed E-state index contributed by atoms with van der Waals surface area (Å²) in [6, 6.07) is 7.17. The van der Waals surface area contributed by atoms with Gasteiger partial charge >= 0.3 is 0 Å². The molecule has 3 N–H and O–H groups in total. The van der Waals surface area contributed by atoms with Crippen molar-refractivity contribution in [1.82, 2.24) is 4.98 Å². The molecular weight excluding hydrogens is 338 g/mol. The molecule has 0 aliphatic carbocycles. The topological polar surface area (TPSA) is 51.0 Å². The third-order valence-electron chi connectivity index (χ3n) is 3.35. The predicted octanol–water partition coefficient (Wildman–Crippen LogP) is 4.59. The summed E-state index contributed by atoms with van der Waals surface area (Å²) in [6.45, 7) is 0. The van der Waals surface area contributed by atoms with Crippen molar-refractivity contribution in [3.63, 3.8) is 0 Å². The number of halogens is 2. The molecule has 0 radical (unpaired) electrons. The molecule has 2 aromatic carbocycles. The van der Waals surface area contributed by atoms with E-state index in [0.29, 0.717) is 10.4 Å². The fourth-order valence-electron chi connectivity index (χ4n) is 2.30. The zero-order chi connectivity index (χ0) is 16.6. The predicted molar refractivity (Wildman–Crippen MR) is 92.4 cm³/mol. The second kappa shape index (κ2) is 6.17. The van der Waals surface area contributed by atoms with Gasteiger partial charge in [-0.2, -0.15) is 0 Å². The van der Waals surface area contributed by atoms with E-state index < -0.39 is 11.6 Å². The number of nitrogens with two attached hydrogens (primary N) is 1. The first-order chi connectivity index (χ1) is 11.0. The van der Waals surface area contributed by atoms with Gasteiger partial charge in [-0.1, -0.05) is 12.2 Å². The minimum Gasteiger partial charge on any atom is -0.453 e. The van der Waals surface area contributed by atoms with Crippen LogP contribution in [0.4, 0.5) is 8.78 Å². The van der Waals surface area contributed by atoms with Crippen molar-refractivity contribution in [3.05, 3.63) is 53.7 Å². The molecule has 23 heavy (non-hydrogen) atoms. The molecule has 0 saturated heterocycles. The van der Waals surface area contributed by atoms with E-state index in [1.807, 2.05) is 12.3 Å². The highest BCUT2D eigenvalue weighted by atomic mass is 32.2. The van der Waals surface area contributed by atoms with Crippen LogP contribution < -0.4 is 10.5 Å². The van der Waals surface area contributed by atoms with Gasteiger partial charge in [0.15, 0.2) is 11.6 Å². The lowest BCUT2D eigenvalue weighted by atomic mass is 10.2. The van der Waals surface area contributed by atoms with E-state index in [1.54, 1.807) is 6.20 Å². The Morgan fingerprint density at radius 1 is 1.22 bits per heavy atom. The summed E-state index contributed by atoms with van der Waals surface area (Å²) >= 11 is 6.17. The van der Waals surface area contributed by atoms with Gasteiger partial charge in [-0.05, 0) is 30.5 Å². The van der Waals surface area contributed by atoms with Crippen molar-refractivity contribution >= 4 is 39.9 Å². The highest BCUT2D eigenvalue weighted by Gasteiger charge is 2.17. The van der Waals surface area contributed by atoms with Gasteiger partial charge in [-0.25, -0.2) is 8.78 Å². The van der Waals surface area contributed by atoms with Gasteiger partial charge in [0.2, 0.25) is 0 Å². The van der Waals surface area contributed by atoms with Crippen LogP contribution in [0.25, 0.3) is 10.9 Å². The molecule has 0 amide bonds. The fourth-order valence-corrected chi connectivity index (χ4v) is 3.17. The molecule has 3 rings (SSSR count). The third kappa shape index (κ3) is 2.89. The molecule has 118 valence electrons. The standard InChI is InChI=1S/C16H12F2N2OS2/c1-23-15-9-4-5-20-13(9)7-12(18)14(15)21-8-2-3-11(17)10(6-8)16(19)22/h2-7,20H,1H3,(H2,19,22). The van der Waals surface area contributed by atoms with Crippen LogP contribution in [-0.4, -0.2) is 16.2 Å². The zero-order valence-corrected chi connectivity index (χ0v) is 13.7. The van der Waals surface area contributed by atoms with E-state index in [-0.39, 0.29) is 22.1 Å². The minimum absolute atomic E-state index is 0.0614. The number of hydrogen-bond donors (Lipinski definition) is 2. The molecule has 0 aliphatic heterocycles. The number of ether oxygens (including phenoxy) is 1. The fraction of sp³-hybridized carbons (Fsp3) is 0.0625. The van der Waals surface area contributed by atoms with Crippen LogP contribution >= 0.6 is 24.0 Å². The Morgan fingerprint density at radius 2 is 2.00 bits per heavy atom. The largest absolute Gasteiger partial charge is 0.453 e.